The monoisotopic (exact) mass is 586 g/mol. The fourth-order valence-corrected chi connectivity index (χ4v) is 6.92. The summed E-state index contributed by atoms with van der Waals surface area (Å²) < 4.78 is 10.2. The Labute approximate surface area is 222 Å². The lowest BCUT2D eigenvalue weighted by Gasteiger charge is -2.13. The van der Waals surface area contributed by atoms with Crippen LogP contribution in [0.25, 0.3) is 0 Å². The second-order valence-electron chi connectivity index (χ2n) is 7.88. The van der Waals surface area contributed by atoms with Crippen molar-refractivity contribution in [2.45, 2.75) is 22.7 Å². The third-order valence-electron chi connectivity index (χ3n) is 5.60. The van der Waals surface area contributed by atoms with Crippen molar-refractivity contribution in [1.29, 1.82) is 0 Å². The van der Waals surface area contributed by atoms with Crippen molar-refractivity contribution in [3.63, 3.8) is 0 Å². The molecule has 176 valence electrons. The van der Waals surface area contributed by atoms with E-state index in [-0.39, 0.29) is 31.7 Å². The molecule has 33 heavy (non-hydrogen) atoms. The normalized spacial score (nSPS) is 25.5. The number of carbonyl (C=O) groups excluding carboxylic acids is 2. The first-order chi connectivity index (χ1) is 15.5. The molecule has 4 atom stereocenters. The van der Waals surface area contributed by atoms with Gasteiger partial charge in [-0.05, 0) is 42.3 Å². The highest BCUT2D eigenvalue weighted by Gasteiger charge is 2.67. The van der Waals surface area contributed by atoms with Crippen LogP contribution < -0.4 is 10.6 Å². The number of hydrogen-bond acceptors (Lipinski definition) is 3. The molecule has 1 aliphatic carbocycles. The molecule has 1 saturated carbocycles. The van der Waals surface area contributed by atoms with Gasteiger partial charge in [-0.25, -0.2) is 0 Å². The third-order valence-corrected chi connectivity index (χ3v) is 9.53. The molecule has 4 rings (SSSR count). The first-order valence-corrected chi connectivity index (χ1v) is 13.5. The molecule has 5 nitrogen and oxygen atoms in total. The fourth-order valence-electron chi connectivity index (χ4n) is 3.86. The minimum Gasteiger partial charge on any atom is -0.348 e. The van der Waals surface area contributed by atoms with Crippen LogP contribution >= 0.6 is 69.6 Å². The van der Waals surface area contributed by atoms with Crippen LogP contribution in [0.15, 0.2) is 30.3 Å². The SMILES string of the molecule is O=C(NC1CCS(=O)C1)c1cc(NC(=O)C2C(c3cc(Cl)c(Cl)c(Cl)c3)C2(Cl)Cl)ccc1Cl. The number of alkyl halides is 2. The van der Waals surface area contributed by atoms with Crippen molar-refractivity contribution in [3.8, 4) is 0 Å². The van der Waals surface area contributed by atoms with E-state index in [1.165, 1.54) is 12.1 Å². The Balaban J connectivity index is 1.49. The van der Waals surface area contributed by atoms with Gasteiger partial charge in [-0.3, -0.25) is 13.8 Å². The quantitative estimate of drug-likeness (QED) is 0.328. The summed E-state index contributed by atoms with van der Waals surface area (Å²) in [6.07, 6.45) is 0.641. The van der Waals surface area contributed by atoms with Gasteiger partial charge >= 0.3 is 0 Å². The van der Waals surface area contributed by atoms with Gasteiger partial charge in [0.15, 0.2) is 0 Å². The van der Waals surface area contributed by atoms with Crippen molar-refractivity contribution in [2.24, 2.45) is 5.92 Å². The number of benzene rings is 2. The minimum atomic E-state index is -1.37. The molecule has 1 aliphatic heterocycles. The molecule has 2 N–H and O–H groups in total. The van der Waals surface area contributed by atoms with Gasteiger partial charge in [0.2, 0.25) is 5.91 Å². The Morgan fingerprint density at radius 3 is 2.27 bits per heavy atom. The van der Waals surface area contributed by atoms with E-state index in [2.05, 4.69) is 10.6 Å². The van der Waals surface area contributed by atoms with Gasteiger partial charge in [0.25, 0.3) is 5.91 Å². The lowest BCUT2D eigenvalue weighted by molar-refractivity contribution is -0.117. The third kappa shape index (κ3) is 5.27. The molecule has 0 bridgehead atoms. The predicted molar refractivity (Wildman–Crippen MR) is 136 cm³/mol. The highest BCUT2D eigenvalue weighted by molar-refractivity contribution is 7.85. The standard InChI is InChI=1S/C21H16Cl6N2O3S/c22-13-2-1-10(7-12(13)19(30)29-11-3-4-33(32)8-11)28-20(31)17-16(21(17,26)27)9-5-14(23)18(25)15(24)6-9/h1-2,5-7,11,16-17H,3-4,8H2,(H,28,31)(H,29,30). The summed E-state index contributed by atoms with van der Waals surface area (Å²) in [5.41, 5.74) is 1.13. The first-order valence-electron chi connectivity index (χ1n) is 9.77. The van der Waals surface area contributed by atoms with Crippen LogP contribution in [0.1, 0.15) is 28.3 Å². The van der Waals surface area contributed by atoms with Gasteiger partial charge in [-0.15, -0.1) is 23.2 Å². The number of amides is 2. The Kier molecular flexibility index (Phi) is 7.48. The van der Waals surface area contributed by atoms with Gasteiger partial charge in [0.1, 0.15) is 4.33 Å². The fraction of sp³-hybridized carbons (Fsp3) is 0.333. The summed E-state index contributed by atoms with van der Waals surface area (Å²) in [6, 6.07) is 7.53. The number of rotatable bonds is 5. The summed E-state index contributed by atoms with van der Waals surface area (Å²) in [5, 5.41) is 6.46. The van der Waals surface area contributed by atoms with Crippen molar-refractivity contribution in [2.75, 3.05) is 16.8 Å². The van der Waals surface area contributed by atoms with E-state index in [0.29, 0.717) is 29.2 Å². The largest absolute Gasteiger partial charge is 0.348 e. The molecule has 1 saturated heterocycles. The van der Waals surface area contributed by atoms with Crippen LogP contribution in [0, 0.1) is 5.92 Å². The highest BCUT2D eigenvalue weighted by Crippen LogP contribution is 2.65. The van der Waals surface area contributed by atoms with E-state index in [1.807, 2.05) is 0 Å². The minimum absolute atomic E-state index is 0.175. The van der Waals surface area contributed by atoms with Crippen LogP contribution in [-0.2, 0) is 15.6 Å². The zero-order chi connectivity index (χ0) is 24.1. The summed E-state index contributed by atoms with van der Waals surface area (Å²) in [4.78, 5) is 25.6. The topological polar surface area (TPSA) is 75.3 Å². The van der Waals surface area contributed by atoms with Crippen molar-refractivity contribution >= 4 is 97.9 Å². The average molecular weight is 589 g/mol. The van der Waals surface area contributed by atoms with Crippen LogP contribution in [0.2, 0.25) is 20.1 Å². The molecular weight excluding hydrogens is 573 g/mol. The van der Waals surface area contributed by atoms with Gasteiger partial charge in [0.05, 0.1) is 31.6 Å². The number of nitrogens with one attached hydrogen (secondary N) is 2. The second-order valence-corrected chi connectivity index (χ2v) is 12.5. The van der Waals surface area contributed by atoms with Gasteiger partial charge < -0.3 is 10.6 Å². The summed E-state index contributed by atoms with van der Waals surface area (Å²) in [7, 11) is -0.926. The summed E-state index contributed by atoms with van der Waals surface area (Å²) in [6.45, 7) is 0. The molecule has 4 unspecified atom stereocenters. The number of anilines is 1. The number of carbonyl (C=O) groups is 2. The Hall–Kier alpha value is -0.730. The van der Waals surface area contributed by atoms with E-state index >= 15 is 0 Å². The van der Waals surface area contributed by atoms with Crippen molar-refractivity contribution in [3.05, 3.63) is 61.5 Å². The molecule has 0 radical (unpaired) electrons. The maximum absolute atomic E-state index is 13.0. The van der Waals surface area contributed by atoms with E-state index < -0.39 is 38.8 Å². The van der Waals surface area contributed by atoms with Gasteiger partial charge in [-0.1, -0.05) is 46.4 Å². The molecular formula is C21H16Cl6N2O3S. The molecule has 2 fully saturated rings. The Bertz CT molecular complexity index is 1150. The molecule has 2 aliphatic rings. The van der Waals surface area contributed by atoms with E-state index in [9.17, 15) is 13.8 Å². The van der Waals surface area contributed by atoms with Crippen LogP contribution in [0.5, 0.6) is 0 Å². The molecule has 0 aromatic heterocycles. The Morgan fingerprint density at radius 2 is 1.67 bits per heavy atom. The highest BCUT2D eigenvalue weighted by atomic mass is 35.5. The molecule has 2 aromatic rings. The van der Waals surface area contributed by atoms with Crippen LogP contribution in [-0.4, -0.2) is 37.9 Å². The predicted octanol–water partition coefficient (Wildman–Crippen LogP) is 6.08. The summed E-state index contributed by atoms with van der Waals surface area (Å²) in [5.74, 6) is -1.21. The molecule has 2 aromatic carbocycles. The van der Waals surface area contributed by atoms with Crippen LogP contribution in [0.3, 0.4) is 0 Å². The maximum Gasteiger partial charge on any atom is 0.253 e. The number of halogens is 6. The molecule has 2 amide bonds. The number of hydrogen-bond donors (Lipinski definition) is 2. The van der Waals surface area contributed by atoms with Crippen molar-refractivity contribution in [1.82, 2.24) is 5.32 Å². The zero-order valence-corrected chi connectivity index (χ0v) is 22.0. The van der Waals surface area contributed by atoms with E-state index in [4.69, 9.17) is 69.6 Å². The van der Waals surface area contributed by atoms with Crippen LogP contribution in [0.4, 0.5) is 5.69 Å². The van der Waals surface area contributed by atoms with E-state index in [0.717, 1.165) is 0 Å². The lowest BCUT2D eigenvalue weighted by Crippen LogP contribution is -2.35. The smallest absolute Gasteiger partial charge is 0.253 e. The molecule has 0 spiro atoms. The van der Waals surface area contributed by atoms with Gasteiger partial charge in [0, 0.05) is 40.0 Å². The maximum atomic E-state index is 13.0. The second kappa shape index (κ2) is 9.73. The van der Waals surface area contributed by atoms with Gasteiger partial charge in [-0.2, -0.15) is 0 Å². The molecule has 1 heterocycles. The average Bonchev–Trinajstić information content (AvgIpc) is 3.09. The first kappa shape index (κ1) is 25.4. The molecule has 12 heteroatoms. The summed E-state index contributed by atoms with van der Waals surface area (Å²) >= 11 is 37.2. The Morgan fingerprint density at radius 1 is 1.00 bits per heavy atom. The van der Waals surface area contributed by atoms with E-state index in [1.54, 1.807) is 18.2 Å². The van der Waals surface area contributed by atoms with Crippen molar-refractivity contribution < 1.29 is 13.8 Å². The zero-order valence-electron chi connectivity index (χ0n) is 16.6. The lowest BCUT2D eigenvalue weighted by atomic mass is 10.1.